The van der Waals surface area contributed by atoms with Crippen molar-refractivity contribution >= 4 is 5.69 Å². The summed E-state index contributed by atoms with van der Waals surface area (Å²) in [6.07, 6.45) is 2.46. The third kappa shape index (κ3) is 2.99. The summed E-state index contributed by atoms with van der Waals surface area (Å²) >= 11 is 0. The van der Waals surface area contributed by atoms with Crippen molar-refractivity contribution in [2.45, 2.75) is 19.8 Å². The van der Waals surface area contributed by atoms with Crippen LogP contribution in [0.3, 0.4) is 0 Å². The van der Waals surface area contributed by atoms with Crippen LogP contribution in [0.2, 0.25) is 0 Å². The first-order chi connectivity index (χ1) is 9.83. The number of rotatable bonds is 4. The molecule has 5 nitrogen and oxygen atoms in total. The van der Waals surface area contributed by atoms with Crippen molar-refractivity contribution in [3.63, 3.8) is 0 Å². The Morgan fingerprint density at radius 2 is 2.05 bits per heavy atom. The number of nitrogens with zero attached hydrogens (tertiary/aromatic N) is 2. The zero-order valence-electron chi connectivity index (χ0n) is 11.7. The lowest BCUT2D eigenvalue weighted by Crippen LogP contribution is -2.31. The van der Waals surface area contributed by atoms with E-state index in [1.807, 2.05) is 25.1 Å². The molecule has 3 rings (SSSR count). The molecule has 1 aromatic carbocycles. The van der Waals surface area contributed by atoms with Gasteiger partial charge in [0.05, 0.1) is 5.56 Å². The molecule has 0 atom stereocenters. The van der Waals surface area contributed by atoms with Gasteiger partial charge in [0.15, 0.2) is 0 Å². The molecule has 0 aliphatic carbocycles. The Labute approximate surface area is 118 Å². The average molecular weight is 272 g/mol. The van der Waals surface area contributed by atoms with Gasteiger partial charge in [-0.1, -0.05) is 12.1 Å². The number of anilines is 1. The molecule has 0 amide bonds. The van der Waals surface area contributed by atoms with Crippen LogP contribution in [0.25, 0.3) is 11.5 Å². The fraction of sp³-hybridized carbons (Fsp3) is 0.467. The van der Waals surface area contributed by atoms with E-state index in [4.69, 9.17) is 4.42 Å². The van der Waals surface area contributed by atoms with Crippen LogP contribution < -0.4 is 10.6 Å². The molecule has 5 heteroatoms. The predicted octanol–water partition coefficient (Wildman–Crippen LogP) is 2.46. The molecule has 1 aliphatic heterocycles. The van der Waals surface area contributed by atoms with Crippen molar-refractivity contribution in [2.24, 2.45) is 5.92 Å². The van der Waals surface area contributed by atoms with Gasteiger partial charge in [-0.05, 0) is 44.0 Å². The van der Waals surface area contributed by atoms with Gasteiger partial charge in [0, 0.05) is 19.2 Å². The second kappa shape index (κ2) is 6.05. The van der Waals surface area contributed by atoms with Gasteiger partial charge in [-0.15, -0.1) is 10.2 Å². The SMILES string of the molecule is Cc1nnc(-c2ccccc2NCC2CCNCC2)o1. The van der Waals surface area contributed by atoms with Crippen LogP contribution in [0.4, 0.5) is 5.69 Å². The first-order valence-electron chi connectivity index (χ1n) is 7.17. The summed E-state index contributed by atoms with van der Waals surface area (Å²) in [5.41, 5.74) is 2.04. The number of piperidine rings is 1. The summed E-state index contributed by atoms with van der Waals surface area (Å²) in [5, 5.41) is 14.9. The molecule has 0 unspecified atom stereocenters. The lowest BCUT2D eigenvalue weighted by Gasteiger charge is -2.23. The smallest absolute Gasteiger partial charge is 0.249 e. The minimum Gasteiger partial charge on any atom is -0.421 e. The van der Waals surface area contributed by atoms with E-state index in [1.54, 1.807) is 0 Å². The van der Waals surface area contributed by atoms with Crippen molar-refractivity contribution in [1.82, 2.24) is 15.5 Å². The highest BCUT2D eigenvalue weighted by Gasteiger charge is 2.15. The average Bonchev–Trinajstić information content (AvgIpc) is 2.93. The normalized spacial score (nSPS) is 16.2. The van der Waals surface area contributed by atoms with Gasteiger partial charge >= 0.3 is 0 Å². The number of nitrogens with one attached hydrogen (secondary N) is 2. The van der Waals surface area contributed by atoms with E-state index in [1.165, 1.54) is 12.8 Å². The maximum atomic E-state index is 5.53. The highest BCUT2D eigenvalue weighted by molar-refractivity contribution is 5.72. The first kappa shape index (κ1) is 13.1. The van der Waals surface area contributed by atoms with Crippen molar-refractivity contribution in [3.8, 4) is 11.5 Å². The molecule has 1 aromatic heterocycles. The van der Waals surface area contributed by atoms with E-state index in [9.17, 15) is 0 Å². The third-order valence-corrected chi connectivity index (χ3v) is 3.72. The van der Waals surface area contributed by atoms with Gasteiger partial charge in [-0.2, -0.15) is 0 Å². The molecule has 2 aromatic rings. The Morgan fingerprint density at radius 1 is 1.25 bits per heavy atom. The summed E-state index contributed by atoms with van der Waals surface area (Å²) in [7, 11) is 0. The molecule has 106 valence electrons. The predicted molar refractivity (Wildman–Crippen MR) is 78.6 cm³/mol. The van der Waals surface area contributed by atoms with Crippen LogP contribution in [0.15, 0.2) is 28.7 Å². The highest BCUT2D eigenvalue weighted by Crippen LogP contribution is 2.27. The van der Waals surface area contributed by atoms with E-state index in [2.05, 4.69) is 26.9 Å². The third-order valence-electron chi connectivity index (χ3n) is 3.72. The van der Waals surface area contributed by atoms with Crippen LogP contribution >= 0.6 is 0 Å². The number of aromatic nitrogens is 2. The van der Waals surface area contributed by atoms with Crippen molar-refractivity contribution in [3.05, 3.63) is 30.2 Å². The molecule has 2 N–H and O–H groups in total. The standard InChI is InChI=1S/C15H20N4O/c1-11-18-19-15(20-11)13-4-2-3-5-14(13)17-10-12-6-8-16-9-7-12/h2-5,12,16-17H,6-10H2,1H3. The first-order valence-corrected chi connectivity index (χ1v) is 7.17. The van der Waals surface area contributed by atoms with Gasteiger partial charge < -0.3 is 15.1 Å². The molecule has 1 fully saturated rings. The zero-order chi connectivity index (χ0) is 13.8. The van der Waals surface area contributed by atoms with Crippen LogP contribution in [0, 0.1) is 12.8 Å². The largest absolute Gasteiger partial charge is 0.421 e. The number of para-hydroxylation sites is 1. The zero-order valence-corrected chi connectivity index (χ0v) is 11.7. The van der Waals surface area contributed by atoms with E-state index in [0.717, 1.165) is 36.8 Å². The highest BCUT2D eigenvalue weighted by atomic mass is 16.4. The second-order valence-corrected chi connectivity index (χ2v) is 5.25. The molecule has 0 radical (unpaired) electrons. The van der Waals surface area contributed by atoms with Crippen LogP contribution in [0.5, 0.6) is 0 Å². The van der Waals surface area contributed by atoms with Gasteiger partial charge in [0.25, 0.3) is 0 Å². The van der Waals surface area contributed by atoms with Gasteiger partial charge in [0.2, 0.25) is 11.8 Å². The molecule has 2 heterocycles. The van der Waals surface area contributed by atoms with E-state index >= 15 is 0 Å². The molecular formula is C15H20N4O. The quantitative estimate of drug-likeness (QED) is 0.895. The van der Waals surface area contributed by atoms with Crippen molar-refractivity contribution in [1.29, 1.82) is 0 Å². The van der Waals surface area contributed by atoms with Crippen molar-refractivity contribution < 1.29 is 4.42 Å². The molecule has 20 heavy (non-hydrogen) atoms. The van der Waals surface area contributed by atoms with Gasteiger partial charge in [-0.25, -0.2) is 0 Å². The Morgan fingerprint density at radius 3 is 2.80 bits per heavy atom. The Hall–Kier alpha value is -1.88. The monoisotopic (exact) mass is 272 g/mol. The fourth-order valence-electron chi connectivity index (χ4n) is 2.57. The molecule has 0 saturated carbocycles. The maximum Gasteiger partial charge on any atom is 0.249 e. The molecule has 1 saturated heterocycles. The number of hydrogen-bond donors (Lipinski definition) is 2. The number of benzene rings is 1. The Balaban J connectivity index is 1.72. The van der Waals surface area contributed by atoms with E-state index in [0.29, 0.717) is 11.8 Å². The van der Waals surface area contributed by atoms with Crippen LogP contribution in [-0.2, 0) is 0 Å². The topological polar surface area (TPSA) is 63.0 Å². The van der Waals surface area contributed by atoms with Crippen molar-refractivity contribution in [2.75, 3.05) is 25.0 Å². The van der Waals surface area contributed by atoms with Gasteiger partial charge in [0.1, 0.15) is 0 Å². The number of aryl methyl sites for hydroxylation is 1. The lowest BCUT2D eigenvalue weighted by atomic mass is 9.98. The Kier molecular flexibility index (Phi) is 3.97. The summed E-state index contributed by atoms with van der Waals surface area (Å²) in [6.45, 7) is 5.04. The molecule has 0 spiro atoms. The Bertz CT molecular complexity index is 561. The minimum atomic E-state index is 0.580. The summed E-state index contributed by atoms with van der Waals surface area (Å²) in [6, 6.07) is 8.09. The van der Waals surface area contributed by atoms with Crippen LogP contribution in [0.1, 0.15) is 18.7 Å². The fourth-order valence-corrected chi connectivity index (χ4v) is 2.57. The number of hydrogen-bond acceptors (Lipinski definition) is 5. The van der Waals surface area contributed by atoms with E-state index in [-0.39, 0.29) is 0 Å². The molecule has 0 bridgehead atoms. The summed E-state index contributed by atoms with van der Waals surface area (Å²) in [5.74, 6) is 1.90. The van der Waals surface area contributed by atoms with Gasteiger partial charge in [-0.3, -0.25) is 0 Å². The molecular weight excluding hydrogens is 252 g/mol. The molecule has 1 aliphatic rings. The maximum absolute atomic E-state index is 5.53. The van der Waals surface area contributed by atoms with E-state index < -0.39 is 0 Å². The second-order valence-electron chi connectivity index (χ2n) is 5.25. The lowest BCUT2D eigenvalue weighted by molar-refractivity contribution is 0.390. The summed E-state index contributed by atoms with van der Waals surface area (Å²) < 4.78 is 5.53. The van der Waals surface area contributed by atoms with Crippen LogP contribution in [-0.4, -0.2) is 29.8 Å². The minimum absolute atomic E-state index is 0.580. The summed E-state index contributed by atoms with van der Waals surface area (Å²) in [4.78, 5) is 0.